The summed E-state index contributed by atoms with van der Waals surface area (Å²) >= 11 is 0. The van der Waals surface area contributed by atoms with Crippen LogP contribution in [0.25, 0.3) is 33.0 Å². The molecule has 2 atom stereocenters. The molecule has 5 aromatic rings. The molecule has 1 saturated heterocycles. The van der Waals surface area contributed by atoms with Gasteiger partial charge in [0.1, 0.15) is 23.0 Å². The first kappa shape index (κ1) is 22.0. The second-order valence-corrected chi connectivity index (χ2v) is 9.14. The van der Waals surface area contributed by atoms with Crippen molar-refractivity contribution < 1.29 is 19.1 Å². The molecule has 1 aliphatic rings. The fourth-order valence-corrected chi connectivity index (χ4v) is 5.05. The highest BCUT2D eigenvalue weighted by Gasteiger charge is 2.40. The smallest absolute Gasteiger partial charge is 0.326 e. The van der Waals surface area contributed by atoms with Gasteiger partial charge in [-0.3, -0.25) is 9.78 Å². The number of hydrogen-bond acceptors (Lipinski definition) is 7. The normalized spacial score (nSPS) is 17.8. The number of anilines is 2. The lowest BCUT2D eigenvalue weighted by molar-refractivity contribution is -0.138. The molecule has 0 aliphatic carbocycles. The quantitative estimate of drug-likeness (QED) is 0.375. The van der Waals surface area contributed by atoms with E-state index in [0.717, 1.165) is 16.3 Å². The first-order chi connectivity index (χ1) is 17.5. The molecule has 1 amide bonds. The van der Waals surface area contributed by atoms with Crippen LogP contribution in [0.5, 0.6) is 0 Å². The van der Waals surface area contributed by atoms with Crippen LogP contribution in [0.3, 0.4) is 0 Å². The second kappa shape index (κ2) is 8.60. The molecule has 9 heteroatoms. The van der Waals surface area contributed by atoms with E-state index in [1.165, 1.54) is 0 Å². The summed E-state index contributed by atoms with van der Waals surface area (Å²) in [5.74, 6) is -0.309. The summed E-state index contributed by atoms with van der Waals surface area (Å²) in [4.78, 5) is 40.2. The van der Waals surface area contributed by atoms with Crippen LogP contribution >= 0.6 is 0 Å². The minimum absolute atomic E-state index is 0.164. The summed E-state index contributed by atoms with van der Waals surface area (Å²) in [6, 6.07) is 16.1. The number of carboxylic acid groups (broad SMARTS) is 1. The molecule has 0 spiro atoms. The van der Waals surface area contributed by atoms with Crippen molar-refractivity contribution in [2.75, 3.05) is 16.8 Å². The molecular formula is C27H23N5O4. The van der Waals surface area contributed by atoms with Crippen molar-refractivity contribution in [1.29, 1.82) is 0 Å². The monoisotopic (exact) mass is 481 g/mol. The maximum absolute atomic E-state index is 12.9. The number of hydrogen-bond donors (Lipinski definition) is 2. The maximum Gasteiger partial charge on any atom is 0.326 e. The van der Waals surface area contributed by atoms with Crippen molar-refractivity contribution in [2.45, 2.75) is 25.8 Å². The molecule has 1 aliphatic heterocycles. The molecule has 9 nitrogen and oxygen atoms in total. The van der Waals surface area contributed by atoms with Crippen molar-refractivity contribution >= 4 is 56.4 Å². The summed E-state index contributed by atoms with van der Waals surface area (Å²) in [5, 5.41) is 14.7. The van der Waals surface area contributed by atoms with Gasteiger partial charge in [0.25, 0.3) is 0 Å². The zero-order valence-electron chi connectivity index (χ0n) is 19.5. The van der Waals surface area contributed by atoms with Crippen LogP contribution in [0.4, 0.5) is 11.5 Å². The Hall–Kier alpha value is -4.53. The minimum atomic E-state index is -0.958. The number of amides is 1. The predicted molar refractivity (Wildman–Crippen MR) is 136 cm³/mol. The van der Waals surface area contributed by atoms with E-state index in [2.05, 4.69) is 20.3 Å². The van der Waals surface area contributed by atoms with E-state index >= 15 is 0 Å². The molecule has 0 unspecified atom stereocenters. The summed E-state index contributed by atoms with van der Waals surface area (Å²) < 4.78 is 6.07. The van der Waals surface area contributed by atoms with Gasteiger partial charge in [-0.05, 0) is 55.7 Å². The number of furan rings is 1. The predicted octanol–water partition coefficient (Wildman–Crippen LogP) is 4.54. The Balaban J connectivity index is 1.26. The summed E-state index contributed by atoms with van der Waals surface area (Å²) in [6.07, 6.45) is 2.25. The number of aryl methyl sites for hydroxylation is 1. The summed E-state index contributed by atoms with van der Waals surface area (Å²) in [6.45, 7) is 2.15. The van der Waals surface area contributed by atoms with E-state index in [0.29, 0.717) is 47.0 Å². The molecule has 4 heterocycles. The lowest BCUT2D eigenvalue weighted by atomic mass is 10.0. The van der Waals surface area contributed by atoms with Crippen LogP contribution < -0.4 is 10.2 Å². The van der Waals surface area contributed by atoms with Crippen molar-refractivity contribution in [3.8, 4) is 0 Å². The lowest BCUT2D eigenvalue weighted by Gasteiger charge is -2.22. The Morgan fingerprint density at radius 2 is 2.00 bits per heavy atom. The number of aliphatic carboxylic acids is 1. The number of nitrogens with one attached hydrogen (secondary N) is 1. The van der Waals surface area contributed by atoms with Gasteiger partial charge in [0, 0.05) is 35.6 Å². The van der Waals surface area contributed by atoms with Gasteiger partial charge in [0.2, 0.25) is 5.91 Å². The average Bonchev–Trinajstić information content (AvgIpc) is 3.45. The topological polar surface area (TPSA) is 121 Å². The van der Waals surface area contributed by atoms with Gasteiger partial charge >= 0.3 is 5.97 Å². The van der Waals surface area contributed by atoms with Crippen molar-refractivity contribution in [1.82, 2.24) is 15.0 Å². The van der Waals surface area contributed by atoms with Crippen LogP contribution in [0.15, 0.2) is 65.2 Å². The molecule has 36 heavy (non-hydrogen) atoms. The Bertz CT molecular complexity index is 1650. The van der Waals surface area contributed by atoms with Crippen molar-refractivity contribution in [3.05, 3.63) is 66.6 Å². The van der Waals surface area contributed by atoms with Crippen LogP contribution in [-0.4, -0.2) is 44.5 Å². The molecule has 2 aromatic carbocycles. The molecule has 1 fully saturated rings. The molecule has 3 aromatic heterocycles. The Kier molecular flexibility index (Phi) is 5.25. The van der Waals surface area contributed by atoms with Crippen LogP contribution in [0.1, 0.15) is 18.7 Å². The second-order valence-electron chi connectivity index (χ2n) is 9.14. The molecule has 2 N–H and O–H groups in total. The van der Waals surface area contributed by atoms with Gasteiger partial charge in [-0.25, -0.2) is 14.8 Å². The Labute approximate surface area is 205 Å². The minimum Gasteiger partial charge on any atom is -0.480 e. The van der Waals surface area contributed by atoms with Gasteiger partial charge in [0.15, 0.2) is 11.4 Å². The Morgan fingerprint density at radius 1 is 1.14 bits per heavy atom. The summed E-state index contributed by atoms with van der Waals surface area (Å²) in [5.41, 5.74) is 3.32. The fourth-order valence-electron chi connectivity index (χ4n) is 5.05. The number of benzene rings is 2. The molecular weight excluding hydrogens is 458 g/mol. The number of fused-ring (bicyclic) bond motifs is 4. The van der Waals surface area contributed by atoms with Crippen molar-refractivity contribution in [2.24, 2.45) is 5.92 Å². The third kappa shape index (κ3) is 3.88. The van der Waals surface area contributed by atoms with E-state index in [4.69, 9.17) is 4.42 Å². The highest BCUT2D eigenvalue weighted by atomic mass is 16.4. The number of carbonyl (C=O) groups is 2. The maximum atomic E-state index is 12.9. The van der Waals surface area contributed by atoms with E-state index in [9.17, 15) is 14.7 Å². The van der Waals surface area contributed by atoms with E-state index in [-0.39, 0.29) is 18.2 Å². The molecule has 0 bridgehead atoms. The number of carboxylic acids is 1. The SMILES string of the molecule is Cc1nc(N2C[C@@H](CC(=O)Nc3ccc4ncccc4c3)C[C@H]2C(=O)O)c2oc3ccccc3c2n1. The third-order valence-corrected chi connectivity index (χ3v) is 6.62. The van der Waals surface area contributed by atoms with Gasteiger partial charge in [-0.15, -0.1) is 0 Å². The number of aromatic nitrogens is 3. The molecule has 6 rings (SSSR count). The van der Waals surface area contributed by atoms with E-state index < -0.39 is 12.0 Å². The van der Waals surface area contributed by atoms with Crippen LogP contribution in [0.2, 0.25) is 0 Å². The fraction of sp³-hybridized carbons (Fsp3) is 0.222. The standard InChI is InChI=1S/C27H23N5O4/c1-15-29-24-19-6-2-3-7-22(19)36-25(24)26(30-15)32-14-16(11-21(32)27(34)35)12-23(33)31-18-8-9-20-17(13-18)5-4-10-28-20/h2-10,13,16,21H,11-12,14H2,1H3,(H,31,33)(H,34,35)/t16-,21+/m1/s1. The van der Waals surface area contributed by atoms with Crippen LogP contribution in [0, 0.1) is 12.8 Å². The highest BCUT2D eigenvalue weighted by Crippen LogP contribution is 2.37. The van der Waals surface area contributed by atoms with E-state index in [1.807, 2.05) is 54.6 Å². The number of rotatable bonds is 5. The molecule has 180 valence electrons. The zero-order chi connectivity index (χ0) is 24.8. The largest absolute Gasteiger partial charge is 0.480 e. The molecule has 0 saturated carbocycles. The summed E-state index contributed by atoms with van der Waals surface area (Å²) in [7, 11) is 0. The van der Waals surface area contributed by atoms with Crippen LogP contribution in [-0.2, 0) is 9.59 Å². The van der Waals surface area contributed by atoms with Gasteiger partial charge in [-0.2, -0.15) is 0 Å². The average molecular weight is 482 g/mol. The van der Waals surface area contributed by atoms with Crippen molar-refractivity contribution in [3.63, 3.8) is 0 Å². The first-order valence-corrected chi connectivity index (χ1v) is 11.8. The Morgan fingerprint density at radius 3 is 2.86 bits per heavy atom. The van der Waals surface area contributed by atoms with Gasteiger partial charge in [0.05, 0.1) is 5.52 Å². The number of pyridine rings is 1. The first-order valence-electron chi connectivity index (χ1n) is 11.8. The zero-order valence-corrected chi connectivity index (χ0v) is 19.5. The third-order valence-electron chi connectivity index (χ3n) is 6.62. The van der Waals surface area contributed by atoms with E-state index in [1.54, 1.807) is 18.0 Å². The lowest BCUT2D eigenvalue weighted by Crippen LogP contribution is -2.36. The number of nitrogens with zero attached hydrogens (tertiary/aromatic N) is 4. The number of para-hydroxylation sites is 1. The molecule has 0 radical (unpaired) electrons. The van der Waals surface area contributed by atoms with Gasteiger partial charge < -0.3 is 19.7 Å². The number of carbonyl (C=O) groups excluding carboxylic acids is 1. The highest BCUT2D eigenvalue weighted by molar-refractivity contribution is 6.06. The van der Waals surface area contributed by atoms with Gasteiger partial charge in [-0.1, -0.05) is 18.2 Å².